The van der Waals surface area contributed by atoms with E-state index in [0.717, 1.165) is 19.3 Å². The van der Waals surface area contributed by atoms with E-state index in [1.807, 2.05) is 6.07 Å². The molecule has 1 N–H and O–H groups in total. The summed E-state index contributed by atoms with van der Waals surface area (Å²) >= 11 is 0. The molecule has 1 aromatic rings. The van der Waals surface area contributed by atoms with Crippen LogP contribution in [0.5, 0.6) is 0 Å². The fraction of sp³-hybridized carbons (Fsp3) is 0.333. The molecule has 0 saturated carbocycles. The minimum absolute atomic E-state index is 0.118. The Bertz CT molecular complexity index is 300. The van der Waals surface area contributed by atoms with Gasteiger partial charge in [0.15, 0.2) is 0 Å². The highest BCUT2D eigenvalue weighted by molar-refractivity contribution is 5.66. The molecule has 2 rings (SSSR count). The molecule has 1 unspecified atom stereocenters. The van der Waals surface area contributed by atoms with Gasteiger partial charge in [0.25, 0.3) is 0 Å². The maximum atomic E-state index is 9.33. The van der Waals surface area contributed by atoms with E-state index in [-0.39, 0.29) is 6.10 Å². The minimum Gasteiger partial charge on any atom is -0.393 e. The van der Waals surface area contributed by atoms with Gasteiger partial charge in [-0.2, -0.15) is 0 Å². The molecular formula is C12H14O. The number of hydrogen-bond donors (Lipinski definition) is 1. The van der Waals surface area contributed by atoms with Crippen molar-refractivity contribution in [1.29, 1.82) is 0 Å². The number of benzene rings is 1. The summed E-state index contributed by atoms with van der Waals surface area (Å²) in [5.74, 6) is 0. The Balaban J connectivity index is 2.19. The molecule has 0 bridgehead atoms. The molecule has 0 fully saturated rings. The van der Waals surface area contributed by atoms with Crippen LogP contribution in [0.15, 0.2) is 36.4 Å². The predicted molar refractivity (Wildman–Crippen MR) is 54.3 cm³/mol. The van der Waals surface area contributed by atoms with Crippen molar-refractivity contribution in [3.8, 4) is 0 Å². The van der Waals surface area contributed by atoms with Gasteiger partial charge in [-0.1, -0.05) is 36.4 Å². The van der Waals surface area contributed by atoms with Crippen LogP contribution in [0.25, 0.3) is 5.57 Å². The number of aliphatic hydroxyl groups is 1. The van der Waals surface area contributed by atoms with Crippen LogP contribution in [0.1, 0.15) is 24.8 Å². The summed E-state index contributed by atoms with van der Waals surface area (Å²) in [4.78, 5) is 0. The van der Waals surface area contributed by atoms with Gasteiger partial charge >= 0.3 is 0 Å². The highest BCUT2D eigenvalue weighted by Crippen LogP contribution is 2.26. The molecule has 0 radical (unpaired) electrons. The van der Waals surface area contributed by atoms with E-state index in [0.29, 0.717) is 0 Å². The Kier molecular flexibility index (Phi) is 2.46. The molecule has 0 aromatic heterocycles. The van der Waals surface area contributed by atoms with Gasteiger partial charge in [-0.3, -0.25) is 0 Å². The maximum absolute atomic E-state index is 9.33. The second-order valence-corrected chi connectivity index (χ2v) is 3.52. The first kappa shape index (κ1) is 8.52. The number of hydrogen-bond acceptors (Lipinski definition) is 1. The van der Waals surface area contributed by atoms with Crippen molar-refractivity contribution in [3.05, 3.63) is 42.0 Å². The average Bonchev–Trinajstić information content (AvgIpc) is 2.20. The van der Waals surface area contributed by atoms with E-state index in [2.05, 4.69) is 30.3 Å². The number of allylic oxidation sites excluding steroid dienone is 1. The summed E-state index contributed by atoms with van der Waals surface area (Å²) in [6.45, 7) is 0. The third kappa shape index (κ3) is 1.99. The van der Waals surface area contributed by atoms with Crippen molar-refractivity contribution in [1.82, 2.24) is 0 Å². The molecule has 1 aliphatic rings. The minimum atomic E-state index is -0.118. The van der Waals surface area contributed by atoms with Gasteiger partial charge in [0, 0.05) is 0 Å². The van der Waals surface area contributed by atoms with Crippen LogP contribution >= 0.6 is 0 Å². The van der Waals surface area contributed by atoms with Crippen molar-refractivity contribution in [2.75, 3.05) is 0 Å². The van der Waals surface area contributed by atoms with Crippen LogP contribution in [0.2, 0.25) is 0 Å². The lowest BCUT2D eigenvalue weighted by molar-refractivity contribution is 0.166. The zero-order valence-electron chi connectivity index (χ0n) is 7.61. The third-order valence-electron chi connectivity index (χ3n) is 2.53. The molecule has 1 aliphatic carbocycles. The molecule has 68 valence electrons. The summed E-state index contributed by atoms with van der Waals surface area (Å²) in [5, 5.41) is 9.33. The van der Waals surface area contributed by atoms with Crippen molar-refractivity contribution < 1.29 is 5.11 Å². The summed E-state index contributed by atoms with van der Waals surface area (Å²) in [6.07, 6.45) is 4.76. The van der Waals surface area contributed by atoms with Crippen molar-refractivity contribution >= 4 is 5.57 Å². The molecule has 13 heavy (non-hydrogen) atoms. The third-order valence-corrected chi connectivity index (χ3v) is 2.53. The number of rotatable bonds is 1. The Hall–Kier alpha value is -1.08. The molecular weight excluding hydrogens is 160 g/mol. The zero-order chi connectivity index (χ0) is 9.10. The Morgan fingerprint density at radius 1 is 1.15 bits per heavy atom. The van der Waals surface area contributed by atoms with Gasteiger partial charge in [-0.25, -0.2) is 0 Å². The largest absolute Gasteiger partial charge is 0.393 e. The molecule has 0 spiro atoms. The van der Waals surface area contributed by atoms with E-state index in [9.17, 15) is 5.11 Å². The molecule has 0 saturated heterocycles. The van der Waals surface area contributed by atoms with E-state index in [1.54, 1.807) is 0 Å². The van der Waals surface area contributed by atoms with Crippen LogP contribution in [0, 0.1) is 0 Å². The Morgan fingerprint density at radius 3 is 2.54 bits per heavy atom. The average molecular weight is 174 g/mol. The van der Waals surface area contributed by atoms with E-state index >= 15 is 0 Å². The van der Waals surface area contributed by atoms with Crippen molar-refractivity contribution in [3.63, 3.8) is 0 Å². The predicted octanol–water partition coefficient (Wildman–Crippen LogP) is 2.61. The fourth-order valence-corrected chi connectivity index (χ4v) is 1.73. The first-order valence-electron chi connectivity index (χ1n) is 4.79. The van der Waals surface area contributed by atoms with E-state index < -0.39 is 0 Å². The van der Waals surface area contributed by atoms with Crippen molar-refractivity contribution in [2.24, 2.45) is 0 Å². The maximum Gasteiger partial charge on any atom is 0.0578 e. The standard InChI is InChI=1S/C12H14O/c13-12-8-6-11(7-9-12)10-4-2-1-3-5-10/h1-6,12-13H,7-9H2. The molecule has 1 atom stereocenters. The summed E-state index contributed by atoms with van der Waals surface area (Å²) in [5.41, 5.74) is 2.68. The van der Waals surface area contributed by atoms with Crippen LogP contribution in [0.3, 0.4) is 0 Å². The van der Waals surface area contributed by atoms with Gasteiger partial charge in [0.2, 0.25) is 0 Å². The van der Waals surface area contributed by atoms with E-state index in [1.165, 1.54) is 11.1 Å². The molecule has 0 heterocycles. The van der Waals surface area contributed by atoms with Gasteiger partial charge in [0.05, 0.1) is 6.10 Å². The Labute approximate surface area is 78.7 Å². The van der Waals surface area contributed by atoms with Gasteiger partial charge in [0.1, 0.15) is 0 Å². The van der Waals surface area contributed by atoms with Gasteiger partial charge < -0.3 is 5.11 Å². The molecule has 0 amide bonds. The first-order valence-corrected chi connectivity index (χ1v) is 4.79. The topological polar surface area (TPSA) is 20.2 Å². The van der Waals surface area contributed by atoms with Crippen LogP contribution in [-0.2, 0) is 0 Å². The summed E-state index contributed by atoms with van der Waals surface area (Å²) in [7, 11) is 0. The lowest BCUT2D eigenvalue weighted by atomic mass is 9.92. The number of aliphatic hydroxyl groups excluding tert-OH is 1. The second kappa shape index (κ2) is 3.75. The summed E-state index contributed by atoms with van der Waals surface area (Å²) < 4.78 is 0. The van der Waals surface area contributed by atoms with Gasteiger partial charge in [-0.15, -0.1) is 0 Å². The van der Waals surface area contributed by atoms with Crippen LogP contribution in [0.4, 0.5) is 0 Å². The molecule has 1 nitrogen and oxygen atoms in total. The first-order chi connectivity index (χ1) is 6.36. The quantitative estimate of drug-likeness (QED) is 0.694. The highest BCUT2D eigenvalue weighted by atomic mass is 16.3. The lowest BCUT2D eigenvalue weighted by Crippen LogP contribution is -2.09. The molecule has 1 heteroatoms. The summed E-state index contributed by atoms with van der Waals surface area (Å²) in [6, 6.07) is 10.4. The second-order valence-electron chi connectivity index (χ2n) is 3.52. The molecule has 1 aromatic carbocycles. The van der Waals surface area contributed by atoms with Crippen LogP contribution in [-0.4, -0.2) is 11.2 Å². The smallest absolute Gasteiger partial charge is 0.0578 e. The highest BCUT2D eigenvalue weighted by Gasteiger charge is 2.11. The van der Waals surface area contributed by atoms with E-state index in [4.69, 9.17) is 0 Å². The lowest BCUT2D eigenvalue weighted by Gasteiger charge is -2.17. The van der Waals surface area contributed by atoms with Crippen LogP contribution < -0.4 is 0 Å². The monoisotopic (exact) mass is 174 g/mol. The SMILES string of the molecule is OC1CC=C(c2ccccc2)CC1. The zero-order valence-corrected chi connectivity index (χ0v) is 7.61. The Morgan fingerprint density at radius 2 is 1.92 bits per heavy atom. The fourth-order valence-electron chi connectivity index (χ4n) is 1.73. The van der Waals surface area contributed by atoms with Gasteiger partial charge in [-0.05, 0) is 30.4 Å². The normalized spacial score (nSPS) is 22.5. The van der Waals surface area contributed by atoms with Crippen molar-refractivity contribution in [2.45, 2.75) is 25.4 Å². The molecule has 0 aliphatic heterocycles.